The van der Waals surface area contributed by atoms with Gasteiger partial charge >= 0.3 is 12.0 Å². The molecular weight excluding hydrogens is 224 g/mol. The highest BCUT2D eigenvalue weighted by Gasteiger charge is 2.28. The average molecular weight is 246 g/mol. The topological polar surface area (TPSA) is 81.1 Å². The Hall–Kier alpha value is -1.30. The third-order valence-corrected chi connectivity index (χ3v) is 2.35. The summed E-state index contributed by atoms with van der Waals surface area (Å²) in [5, 5.41) is 17.4. The van der Waals surface area contributed by atoms with Crippen molar-refractivity contribution < 1.29 is 19.8 Å². The van der Waals surface area contributed by atoms with Crippen LogP contribution < -0.4 is 0 Å². The lowest BCUT2D eigenvalue weighted by molar-refractivity contribution is -0.137. The smallest absolute Gasteiger partial charge is 0.320 e. The first-order valence-electron chi connectivity index (χ1n) is 5.55. The number of aliphatic carboxylic acids is 1. The van der Waals surface area contributed by atoms with E-state index in [2.05, 4.69) is 0 Å². The molecule has 0 aromatic carbocycles. The van der Waals surface area contributed by atoms with Gasteiger partial charge in [-0.3, -0.25) is 4.79 Å². The van der Waals surface area contributed by atoms with Crippen LogP contribution in [0.4, 0.5) is 4.79 Å². The second-order valence-electron chi connectivity index (χ2n) is 4.89. The third-order valence-electron chi connectivity index (χ3n) is 2.35. The molecule has 0 aromatic rings. The molecule has 0 saturated carbocycles. The molecule has 0 radical (unpaired) electrons. The van der Waals surface area contributed by atoms with Gasteiger partial charge in [0.1, 0.15) is 0 Å². The first kappa shape index (κ1) is 15.7. The summed E-state index contributed by atoms with van der Waals surface area (Å²) in [5.74, 6) is -0.933. The second kappa shape index (κ2) is 6.44. The van der Waals surface area contributed by atoms with E-state index in [1.54, 1.807) is 7.05 Å². The number of aliphatic hydroxyl groups is 1. The van der Waals surface area contributed by atoms with Gasteiger partial charge in [0.25, 0.3) is 0 Å². The van der Waals surface area contributed by atoms with E-state index in [0.717, 1.165) is 0 Å². The van der Waals surface area contributed by atoms with Crippen LogP contribution in [-0.2, 0) is 4.79 Å². The van der Waals surface area contributed by atoms with Gasteiger partial charge in [0.15, 0.2) is 0 Å². The first-order valence-corrected chi connectivity index (χ1v) is 5.55. The summed E-state index contributed by atoms with van der Waals surface area (Å²) in [6.45, 7) is 5.82. The number of rotatable bonds is 5. The molecule has 0 aromatic heterocycles. The SMILES string of the molecule is CN(CCO)C(=O)N(CCC(=O)O)C(C)(C)C. The lowest BCUT2D eigenvalue weighted by atomic mass is 10.1. The van der Waals surface area contributed by atoms with E-state index in [1.165, 1.54) is 9.80 Å². The number of nitrogens with zero attached hydrogens (tertiary/aromatic N) is 2. The minimum atomic E-state index is -0.933. The molecule has 0 atom stereocenters. The number of hydrogen-bond donors (Lipinski definition) is 2. The van der Waals surface area contributed by atoms with Gasteiger partial charge in [0.2, 0.25) is 0 Å². The van der Waals surface area contributed by atoms with E-state index in [-0.39, 0.29) is 32.1 Å². The minimum Gasteiger partial charge on any atom is -0.481 e. The van der Waals surface area contributed by atoms with Gasteiger partial charge in [-0.2, -0.15) is 0 Å². The molecule has 6 heteroatoms. The summed E-state index contributed by atoms with van der Waals surface area (Å²) in [5.41, 5.74) is -0.448. The van der Waals surface area contributed by atoms with Gasteiger partial charge in [-0.1, -0.05) is 0 Å². The van der Waals surface area contributed by atoms with E-state index < -0.39 is 11.5 Å². The summed E-state index contributed by atoms with van der Waals surface area (Å²) in [6, 6.07) is -0.271. The van der Waals surface area contributed by atoms with E-state index >= 15 is 0 Å². The molecule has 2 N–H and O–H groups in total. The van der Waals surface area contributed by atoms with Crippen LogP contribution in [0.2, 0.25) is 0 Å². The molecule has 0 saturated heterocycles. The predicted molar refractivity (Wildman–Crippen MR) is 63.8 cm³/mol. The number of amides is 2. The summed E-state index contributed by atoms with van der Waals surface area (Å²) < 4.78 is 0. The van der Waals surface area contributed by atoms with Crippen molar-refractivity contribution in [3.8, 4) is 0 Å². The summed E-state index contributed by atoms with van der Waals surface area (Å²) in [4.78, 5) is 25.5. The fraction of sp³-hybridized carbons (Fsp3) is 0.818. The standard InChI is InChI=1S/C11H22N2O4/c1-11(2,3)13(6-5-9(15)16)10(17)12(4)7-8-14/h14H,5-8H2,1-4H3,(H,15,16). The van der Waals surface area contributed by atoms with Crippen LogP contribution in [0.5, 0.6) is 0 Å². The Morgan fingerprint density at radius 3 is 2.06 bits per heavy atom. The Morgan fingerprint density at radius 1 is 1.18 bits per heavy atom. The van der Waals surface area contributed by atoms with Crippen molar-refractivity contribution >= 4 is 12.0 Å². The maximum absolute atomic E-state index is 12.0. The molecule has 0 rings (SSSR count). The molecule has 0 heterocycles. The molecule has 0 bridgehead atoms. The van der Waals surface area contributed by atoms with Crippen molar-refractivity contribution in [1.82, 2.24) is 9.80 Å². The Morgan fingerprint density at radius 2 is 1.71 bits per heavy atom. The number of carbonyl (C=O) groups is 2. The highest BCUT2D eigenvalue weighted by molar-refractivity contribution is 5.76. The maximum atomic E-state index is 12.0. The van der Waals surface area contributed by atoms with Crippen molar-refractivity contribution in [3.05, 3.63) is 0 Å². The number of carboxylic acid groups (broad SMARTS) is 1. The zero-order valence-corrected chi connectivity index (χ0v) is 10.9. The van der Waals surface area contributed by atoms with Gasteiger partial charge in [0, 0.05) is 25.7 Å². The van der Waals surface area contributed by atoms with Gasteiger partial charge in [-0.25, -0.2) is 4.79 Å². The van der Waals surface area contributed by atoms with E-state index in [9.17, 15) is 9.59 Å². The molecule has 17 heavy (non-hydrogen) atoms. The Labute approximate surface area is 102 Å². The number of carbonyl (C=O) groups excluding carboxylic acids is 1. The Bertz CT molecular complexity index is 273. The number of aliphatic hydroxyl groups excluding tert-OH is 1. The molecule has 6 nitrogen and oxygen atoms in total. The van der Waals surface area contributed by atoms with Crippen LogP contribution in [0.15, 0.2) is 0 Å². The van der Waals surface area contributed by atoms with E-state index in [0.29, 0.717) is 0 Å². The zero-order valence-electron chi connectivity index (χ0n) is 10.9. The van der Waals surface area contributed by atoms with Crippen LogP contribution in [0.25, 0.3) is 0 Å². The fourth-order valence-electron chi connectivity index (χ4n) is 1.38. The van der Waals surface area contributed by atoms with Gasteiger partial charge in [-0.05, 0) is 20.8 Å². The van der Waals surface area contributed by atoms with Crippen LogP contribution in [-0.4, -0.2) is 64.3 Å². The minimum absolute atomic E-state index is 0.0873. The summed E-state index contributed by atoms with van der Waals surface area (Å²) >= 11 is 0. The van der Waals surface area contributed by atoms with Crippen molar-refractivity contribution in [2.75, 3.05) is 26.7 Å². The maximum Gasteiger partial charge on any atom is 0.320 e. The molecule has 0 aliphatic rings. The highest BCUT2D eigenvalue weighted by Crippen LogP contribution is 2.15. The summed E-state index contributed by atoms with van der Waals surface area (Å²) in [7, 11) is 1.58. The average Bonchev–Trinajstić information content (AvgIpc) is 2.15. The Kier molecular flexibility index (Phi) is 5.95. The van der Waals surface area contributed by atoms with Gasteiger partial charge in [0.05, 0.1) is 13.0 Å². The number of carboxylic acids is 1. The molecule has 0 aliphatic carbocycles. The summed E-state index contributed by atoms with van der Waals surface area (Å²) in [6.07, 6.45) is -0.0873. The second-order valence-corrected chi connectivity index (χ2v) is 4.89. The van der Waals surface area contributed by atoms with E-state index in [4.69, 9.17) is 10.2 Å². The highest BCUT2D eigenvalue weighted by atomic mass is 16.4. The normalized spacial score (nSPS) is 11.1. The molecule has 0 aliphatic heterocycles. The van der Waals surface area contributed by atoms with Crippen LogP contribution in [0, 0.1) is 0 Å². The molecule has 2 amide bonds. The monoisotopic (exact) mass is 246 g/mol. The van der Waals surface area contributed by atoms with Gasteiger partial charge < -0.3 is 20.0 Å². The van der Waals surface area contributed by atoms with Crippen LogP contribution in [0.1, 0.15) is 27.2 Å². The van der Waals surface area contributed by atoms with Crippen molar-refractivity contribution in [1.29, 1.82) is 0 Å². The molecule has 0 spiro atoms. The molecule has 0 fully saturated rings. The first-order chi connectivity index (χ1) is 7.70. The predicted octanol–water partition coefficient (Wildman–Crippen LogP) is 0.606. The molecular formula is C11H22N2O4. The lowest BCUT2D eigenvalue weighted by Crippen LogP contribution is -2.52. The van der Waals surface area contributed by atoms with Crippen molar-refractivity contribution in [2.45, 2.75) is 32.7 Å². The van der Waals surface area contributed by atoms with Gasteiger partial charge in [-0.15, -0.1) is 0 Å². The van der Waals surface area contributed by atoms with Crippen LogP contribution in [0.3, 0.4) is 0 Å². The van der Waals surface area contributed by atoms with Crippen LogP contribution >= 0.6 is 0 Å². The van der Waals surface area contributed by atoms with Crippen molar-refractivity contribution in [3.63, 3.8) is 0 Å². The number of likely N-dealkylation sites (N-methyl/N-ethyl adjacent to an activating group) is 1. The number of hydrogen-bond acceptors (Lipinski definition) is 3. The largest absolute Gasteiger partial charge is 0.481 e. The third kappa shape index (κ3) is 5.53. The quantitative estimate of drug-likeness (QED) is 0.744. The molecule has 0 unspecified atom stereocenters. The lowest BCUT2D eigenvalue weighted by Gasteiger charge is -2.38. The fourth-order valence-corrected chi connectivity index (χ4v) is 1.38. The number of urea groups is 1. The van der Waals surface area contributed by atoms with E-state index in [1.807, 2.05) is 20.8 Å². The zero-order chi connectivity index (χ0) is 13.6. The van der Waals surface area contributed by atoms with Crippen molar-refractivity contribution in [2.24, 2.45) is 0 Å². The molecule has 100 valence electrons. The Balaban J connectivity index is 4.68.